The van der Waals surface area contributed by atoms with Crippen molar-refractivity contribution in [1.82, 2.24) is 10.3 Å². The third kappa shape index (κ3) is 2.58. The molecule has 2 N–H and O–H groups in total. The van der Waals surface area contributed by atoms with E-state index in [1.54, 1.807) is 11.3 Å². The van der Waals surface area contributed by atoms with E-state index in [0.717, 1.165) is 36.2 Å². The van der Waals surface area contributed by atoms with Crippen LogP contribution in [0.4, 0.5) is 5.13 Å². The Bertz CT molecular complexity index is 455. The van der Waals surface area contributed by atoms with Gasteiger partial charge in [0.1, 0.15) is 0 Å². The van der Waals surface area contributed by atoms with Gasteiger partial charge in [0.05, 0.1) is 10.2 Å². The van der Waals surface area contributed by atoms with Gasteiger partial charge in [-0.05, 0) is 44.0 Å². The Kier molecular flexibility index (Phi) is 3.25. The van der Waals surface area contributed by atoms with Crippen molar-refractivity contribution in [2.45, 2.75) is 12.8 Å². The molecule has 2 heterocycles. The van der Waals surface area contributed by atoms with Crippen LogP contribution in [0.25, 0.3) is 10.2 Å². The summed E-state index contributed by atoms with van der Waals surface area (Å²) >= 11 is 1.75. The zero-order valence-corrected chi connectivity index (χ0v) is 10.6. The van der Waals surface area contributed by atoms with Crippen molar-refractivity contribution in [2.75, 3.05) is 25.0 Å². The van der Waals surface area contributed by atoms with Crippen molar-refractivity contribution < 1.29 is 0 Å². The lowest BCUT2D eigenvalue weighted by molar-refractivity contribution is 0.390. The van der Waals surface area contributed by atoms with E-state index in [2.05, 4.69) is 33.8 Å². The van der Waals surface area contributed by atoms with Crippen molar-refractivity contribution in [2.24, 2.45) is 5.92 Å². The van der Waals surface area contributed by atoms with Gasteiger partial charge < -0.3 is 10.6 Å². The first kappa shape index (κ1) is 11.0. The van der Waals surface area contributed by atoms with Gasteiger partial charge >= 0.3 is 0 Å². The molecule has 2 aromatic rings. The number of thiazole rings is 1. The monoisotopic (exact) mass is 247 g/mol. The zero-order valence-electron chi connectivity index (χ0n) is 9.78. The summed E-state index contributed by atoms with van der Waals surface area (Å²) in [4.78, 5) is 4.59. The number of rotatable bonds is 3. The summed E-state index contributed by atoms with van der Waals surface area (Å²) in [7, 11) is 0. The van der Waals surface area contributed by atoms with Crippen LogP contribution >= 0.6 is 11.3 Å². The largest absolute Gasteiger partial charge is 0.361 e. The van der Waals surface area contributed by atoms with Gasteiger partial charge in [0.15, 0.2) is 5.13 Å². The second-order valence-corrected chi connectivity index (χ2v) is 5.59. The van der Waals surface area contributed by atoms with E-state index in [4.69, 9.17) is 0 Å². The van der Waals surface area contributed by atoms with Gasteiger partial charge in [-0.3, -0.25) is 0 Å². The average molecular weight is 247 g/mol. The number of para-hydroxylation sites is 1. The lowest BCUT2D eigenvalue weighted by Crippen LogP contribution is -2.31. The first-order valence-electron chi connectivity index (χ1n) is 6.22. The summed E-state index contributed by atoms with van der Waals surface area (Å²) in [5.41, 5.74) is 1.10. The van der Waals surface area contributed by atoms with Crippen LogP contribution in [-0.2, 0) is 0 Å². The number of fused-ring (bicyclic) bond motifs is 1. The third-order valence-electron chi connectivity index (χ3n) is 3.29. The molecule has 90 valence electrons. The van der Waals surface area contributed by atoms with E-state index in [-0.39, 0.29) is 0 Å². The molecule has 1 aliphatic heterocycles. The Balaban J connectivity index is 1.64. The van der Waals surface area contributed by atoms with E-state index >= 15 is 0 Å². The van der Waals surface area contributed by atoms with Gasteiger partial charge in [-0.15, -0.1) is 0 Å². The van der Waals surface area contributed by atoms with Crippen LogP contribution in [0.3, 0.4) is 0 Å². The number of hydrogen-bond donors (Lipinski definition) is 2. The topological polar surface area (TPSA) is 37.0 Å². The molecule has 0 atom stereocenters. The van der Waals surface area contributed by atoms with Crippen LogP contribution in [0, 0.1) is 5.92 Å². The van der Waals surface area contributed by atoms with E-state index in [1.165, 1.54) is 17.5 Å². The van der Waals surface area contributed by atoms with E-state index < -0.39 is 0 Å². The quantitative estimate of drug-likeness (QED) is 0.875. The van der Waals surface area contributed by atoms with Gasteiger partial charge in [-0.1, -0.05) is 23.5 Å². The highest BCUT2D eigenvalue weighted by Crippen LogP contribution is 2.25. The minimum Gasteiger partial charge on any atom is -0.361 e. The standard InChI is InChI=1S/C13H17N3S/c1-2-4-12-11(3-1)16-13(17-12)15-9-10-5-7-14-8-6-10/h1-4,10,14H,5-9H2,(H,15,16). The summed E-state index contributed by atoms with van der Waals surface area (Å²) < 4.78 is 1.26. The van der Waals surface area contributed by atoms with Crippen molar-refractivity contribution >= 4 is 26.7 Å². The lowest BCUT2D eigenvalue weighted by atomic mass is 9.98. The Morgan fingerprint density at radius 3 is 2.94 bits per heavy atom. The van der Waals surface area contributed by atoms with Gasteiger partial charge in [0.2, 0.25) is 0 Å². The molecule has 3 nitrogen and oxygen atoms in total. The molecule has 1 aromatic heterocycles. The molecule has 0 saturated carbocycles. The van der Waals surface area contributed by atoms with Gasteiger partial charge in [0.25, 0.3) is 0 Å². The minimum atomic E-state index is 0.795. The Morgan fingerprint density at radius 2 is 2.12 bits per heavy atom. The number of nitrogens with zero attached hydrogens (tertiary/aromatic N) is 1. The highest BCUT2D eigenvalue weighted by atomic mass is 32.1. The maximum atomic E-state index is 4.59. The first-order valence-corrected chi connectivity index (χ1v) is 7.03. The maximum Gasteiger partial charge on any atom is 0.183 e. The van der Waals surface area contributed by atoms with Crippen molar-refractivity contribution in [3.8, 4) is 0 Å². The van der Waals surface area contributed by atoms with Crippen molar-refractivity contribution in [3.05, 3.63) is 24.3 Å². The van der Waals surface area contributed by atoms with Crippen LogP contribution < -0.4 is 10.6 Å². The van der Waals surface area contributed by atoms with Crippen molar-refractivity contribution in [1.29, 1.82) is 0 Å². The highest BCUT2D eigenvalue weighted by molar-refractivity contribution is 7.22. The molecule has 1 fully saturated rings. The normalized spacial score (nSPS) is 17.4. The molecule has 1 aliphatic rings. The van der Waals surface area contributed by atoms with Gasteiger partial charge in [0, 0.05) is 6.54 Å². The maximum absolute atomic E-state index is 4.59. The number of nitrogens with one attached hydrogen (secondary N) is 2. The fraction of sp³-hybridized carbons (Fsp3) is 0.462. The van der Waals surface area contributed by atoms with Crippen LogP contribution in [0.1, 0.15) is 12.8 Å². The molecule has 1 aromatic carbocycles. The molecule has 17 heavy (non-hydrogen) atoms. The van der Waals surface area contributed by atoms with Gasteiger partial charge in [-0.2, -0.15) is 0 Å². The average Bonchev–Trinajstić information content (AvgIpc) is 2.80. The molecule has 0 spiro atoms. The molecule has 0 radical (unpaired) electrons. The second-order valence-electron chi connectivity index (χ2n) is 4.56. The van der Waals surface area contributed by atoms with Crippen LogP contribution in [0.15, 0.2) is 24.3 Å². The number of piperidine rings is 1. The summed E-state index contributed by atoms with van der Waals surface area (Å²) in [5.74, 6) is 0.795. The van der Waals surface area contributed by atoms with Gasteiger partial charge in [-0.25, -0.2) is 4.98 Å². The van der Waals surface area contributed by atoms with Crippen LogP contribution in [-0.4, -0.2) is 24.6 Å². The zero-order chi connectivity index (χ0) is 11.5. The molecule has 0 unspecified atom stereocenters. The number of hydrogen-bond acceptors (Lipinski definition) is 4. The van der Waals surface area contributed by atoms with Crippen LogP contribution in [0.5, 0.6) is 0 Å². The minimum absolute atomic E-state index is 0.795. The van der Waals surface area contributed by atoms with E-state index in [9.17, 15) is 0 Å². The molecule has 4 heteroatoms. The molecule has 0 amide bonds. The van der Waals surface area contributed by atoms with E-state index in [0.29, 0.717) is 0 Å². The van der Waals surface area contributed by atoms with E-state index in [1.807, 2.05) is 6.07 Å². The Morgan fingerprint density at radius 1 is 1.29 bits per heavy atom. The Labute approximate surface area is 105 Å². The number of aromatic nitrogens is 1. The summed E-state index contributed by atoms with van der Waals surface area (Å²) in [5, 5.41) is 7.94. The second kappa shape index (κ2) is 5.02. The number of benzene rings is 1. The lowest BCUT2D eigenvalue weighted by Gasteiger charge is -2.22. The first-order chi connectivity index (χ1) is 8.42. The van der Waals surface area contributed by atoms with Crippen LogP contribution in [0.2, 0.25) is 0 Å². The summed E-state index contributed by atoms with van der Waals surface area (Å²) in [6.45, 7) is 3.37. The molecular formula is C13H17N3S. The highest BCUT2D eigenvalue weighted by Gasteiger charge is 2.13. The predicted octanol–water partition coefficient (Wildman–Crippen LogP) is 2.71. The molecule has 0 aliphatic carbocycles. The fourth-order valence-corrected chi connectivity index (χ4v) is 3.14. The van der Waals surface area contributed by atoms with Crippen molar-refractivity contribution in [3.63, 3.8) is 0 Å². The molecular weight excluding hydrogens is 230 g/mol. The summed E-state index contributed by atoms with van der Waals surface area (Å²) in [6, 6.07) is 8.31. The number of anilines is 1. The predicted molar refractivity (Wildman–Crippen MR) is 73.7 cm³/mol. The molecule has 1 saturated heterocycles. The molecule has 3 rings (SSSR count). The fourth-order valence-electron chi connectivity index (χ4n) is 2.27. The smallest absolute Gasteiger partial charge is 0.183 e. The molecule has 0 bridgehead atoms. The SMILES string of the molecule is c1ccc2sc(NCC3CCNCC3)nc2c1. The Hall–Kier alpha value is -1.13. The third-order valence-corrected chi connectivity index (χ3v) is 4.29. The summed E-state index contributed by atoms with van der Waals surface area (Å²) in [6.07, 6.45) is 2.55.